The van der Waals surface area contributed by atoms with Crippen LogP contribution in [0.2, 0.25) is 0 Å². The van der Waals surface area contributed by atoms with Gasteiger partial charge >= 0.3 is 5.97 Å². The van der Waals surface area contributed by atoms with Crippen molar-refractivity contribution in [2.75, 3.05) is 12.4 Å². The predicted molar refractivity (Wildman–Crippen MR) is 107 cm³/mol. The molecule has 0 aliphatic rings. The molecule has 0 saturated carbocycles. The van der Waals surface area contributed by atoms with Gasteiger partial charge in [-0.05, 0) is 37.1 Å². The normalized spacial score (nSPS) is 11.1. The summed E-state index contributed by atoms with van der Waals surface area (Å²) in [7, 11) is 1.31. The average molecular weight is 393 g/mol. The summed E-state index contributed by atoms with van der Waals surface area (Å²) in [6, 6.07) is 14.4. The van der Waals surface area contributed by atoms with E-state index in [9.17, 15) is 9.59 Å². The lowest BCUT2D eigenvalue weighted by atomic mass is 10.1. The molecule has 0 bridgehead atoms. The minimum Gasteiger partial charge on any atom is -0.487 e. The van der Waals surface area contributed by atoms with Crippen molar-refractivity contribution in [1.29, 1.82) is 0 Å². The lowest BCUT2D eigenvalue weighted by Gasteiger charge is -2.14. The zero-order valence-corrected chi connectivity index (χ0v) is 16.3. The van der Waals surface area contributed by atoms with Gasteiger partial charge in [-0.1, -0.05) is 30.3 Å². The minimum absolute atomic E-state index is 0. The average Bonchev–Trinajstić information content (AvgIpc) is 2.65. The number of carbonyl (C=O) groups is 2. The number of ether oxygens (including phenoxy) is 2. The van der Waals surface area contributed by atoms with E-state index in [0.717, 1.165) is 5.56 Å². The van der Waals surface area contributed by atoms with Crippen LogP contribution in [0.1, 0.15) is 35.7 Å². The van der Waals surface area contributed by atoms with Gasteiger partial charge in [-0.25, -0.2) is 4.79 Å². The van der Waals surface area contributed by atoms with Crippen molar-refractivity contribution in [3.8, 4) is 5.75 Å². The number of amides is 1. The van der Waals surface area contributed by atoms with Gasteiger partial charge in [0.05, 0.1) is 18.4 Å². The summed E-state index contributed by atoms with van der Waals surface area (Å²) in [6.45, 7) is 2.20. The van der Waals surface area contributed by atoms with Gasteiger partial charge in [0.1, 0.15) is 12.4 Å². The van der Waals surface area contributed by atoms with Gasteiger partial charge in [-0.3, -0.25) is 4.79 Å². The van der Waals surface area contributed by atoms with Gasteiger partial charge in [0.2, 0.25) is 5.91 Å². The molecule has 0 aromatic heterocycles. The third kappa shape index (κ3) is 7.29. The first-order valence-electron chi connectivity index (χ1n) is 8.44. The number of benzene rings is 2. The van der Waals surface area contributed by atoms with Gasteiger partial charge in [0.15, 0.2) is 0 Å². The molecule has 0 aliphatic carbocycles. The van der Waals surface area contributed by atoms with Gasteiger partial charge in [-0.2, -0.15) is 0 Å². The SMILES string of the molecule is COC(=O)c1ccc(OCc2ccccc2)c(NC(=O)CCC(C)N)c1.Cl. The number of hydrogen-bond donors (Lipinski definition) is 2. The zero-order valence-electron chi connectivity index (χ0n) is 15.4. The highest BCUT2D eigenvalue weighted by atomic mass is 35.5. The van der Waals surface area contributed by atoms with E-state index in [0.29, 0.717) is 30.0 Å². The monoisotopic (exact) mass is 392 g/mol. The van der Waals surface area contributed by atoms with E-state index in [1.165, 1.54) is 7.11 Å². The minimum atomic E-state index is -0.481. The third-order valence-corrected chi connectivity index (χ3v) is 3.74. The fourth-order valence-corrected chi connectivity index (χ4v) is 2.31. The Hall–Kier alpha value is -2.57. The Labute approximate surface area is 165 Å². The molecule has 0 fully saturated rings. The van der Waals surface area contributed by atoms with Crippen LogP contribution in [0, 0.1) is 0 Å². The molecule has 1 amide bonds. The highest BCUT2D eigenvalue weighted by molar-refractivity contribution is 5.96. The lowest BCUT2D eigenvalue weighted by Crippen LogP contribution is -2.20. The summed E-state index contributed by atoms with van der Waals surface area (Å²) < 4.78 is 10.6. The van der Waals surface area contributed by atoms with Crippen molar-refractivity contribution >= 4 is 30.0 Å². The number of esters is 1. The molecule has 2 aromatic rings. The second kappa shape index (κ2) is 11.2. The highest BCUT2D eigenvalue weighted by Crippen LogP contribution is 2.27. The van der Waals surface area contributed by atoms with E-state index in [-0.39, 0.29) is 30.8 Å². The maximum Gasteiger partial charge on any atom is 0.337 e. The first-order valence-corrected chi connectivity index (χ1v) is 8.44. The van der Waals surface area contributed by atoms with E-state index in [1.807, 2.05) is 37.3 Å². The van der Waals surface area contributed by atoms with Crippen molar-refractivity contribution < 1.29 is 19.1 Å². The maximum absolute atomic E-state index is 12.2. The van der Waals surface area contributed by atoms with Gasteiger partial charge in [-0.15, -0.1) is 12.4 Å². The Balaban J connectivity index is 0.00000364. The fourth-order valence-electron chi connectivity index (χ4n) is 2.31. The zero-order chi connectivity index (χ0) is 18.9. The van der Waals surface area contributed by atoms with Crippen LogP contribution in [-0.2, 0) is 16.1 Å². The predicted octanol–water partition coefficient (Wildman–Crippen LogP) is 3.54. The van der Waals surface area contributed by atoms with Crippen molar-refractivity contribution in [2.45, 2.75) is 32.4 Å². The summed E-state index contributed by atoms with van der Waals surface area (Å²) in [5.41, 5.74) is 7.46. The molecule has 0 radical (unpaired) electrons. The van der Waals surface area contributed by atoms with E-state index < -0.39 is 5.97 Å². The molecule has 2 aromatic carbocycles. The van der Waals surface area contributed by atoms with Gasteiger partial charge in [0, 0.05) is 12.5 Å². The molecule has 0 aliphatic heterocycles. The molecule has 27 heavy (non-hydrogen) atoms. The molecular formula is C20H25ClN2O4. The van der Waals surface area contributed by atoms with Crippen LogP contribution in [0.5, 0.6) is 5.75 Å². The second-order valence-electron chi connectivity index (χ2n) is 6.04. The molecular weight excluding hydrogens is 368 g/mol. The van der Waals surface area contributed by atoms with Crippen LogP contribution in [-0.4, -0.2) is 25.0 Å². The fraction of sp³-hybridized carbons (Fsp3) is 0.300. The Bertz CT molecular complexity index is 751. The smallest absolute Gasteiger partial charge is 0.337 e. The Kier molecular flexibility index (Phi) is 9.33. The summed E-state index contributed by atoms with van der Waals surface area (Å²) >= 11 is 0. The van der Waals surface area contributed by atoms with Crippen molar-refractivity contribution in [2.24, 2.45) is 5.73 Å². The summed E-state index contributed by atoms with van der Waals surface area (Å²) in [6.07, 6.45) is 0.862. The van der Waals surface area contributed by atoms with Gasteiger partial charge in [0.25, 0.3) is 0 Å². The summed E-state index contributed by atoms with van der Waals surface area (Å²) in [5.74, 6) is -0.185. The van der Waals surface area contributed by atoms with E-state index in [2.05, 4.69) is 5.32 Å². The maximum atomic E-state index is 12.2. The molecule has 1 atom stereocenters. The van der Waals surface area contributed by atoms with Crippen LogP contribution in [0.3, 0.4) is 0 Å². The number of rotatable bonds is 8. The Morgan fingerprint density at radius 2 is 1.85 bits per heavy atom. The number of carbonyl (C=O) groups excluding carboxylic acids is 2. The van der Waals surface area contributed by atoms with Crippen LogP contribution >= 0.6 is 12.4 Å². The number of nitrogens with two attached hydrogens (primary N) is 1. The van der Waals surface area contributed by atoms with E-state index >= 15 is 0 Å². The molecule has 0 saturated heterocycles. The van der Waals surface area contributed by atoms with Crippen LogP contribution in [0.25, 0.3) is 0 Å². The van der Waals surface area contributed by atoms with Crippen LogP contribution in [0.4, 0.5) is 5.69 Å². The quantitative estimate of drug-likeness (QED) is 0.670. The first kappa shape index (κ1) is 22.5. The standard InChI is InChI=1S/C20H24N2O4.ClH/c1-14(21)8-11-19(23)22-17-12-16(20(24)25-2)9-10-18(17)26-13-15-6-4-3-5-7-15;/h3-7,9-10,12,14H,8,11,13,21H2,1-2H3,(H,22,23);1H. The van der Waals surface area contributed by atoms with Crippen molar-refractivity contribution in [1.82, 2.24) is 0 Å². The van der Waals surface area contributed by atoms with Crippen LogP contribution < -0.4 is 15.8 Å². The molecule has 146 valence electrons. The van der Waals surface area contributed by atoms with E-state index in [1.54, 1.807) is 18.2 Å². The van der Waals surface area contributed by atoms with Crippen molar-refractivity contribution in [3.05, 3.63) is 59.7 Å². The molecule has 6 nitrogen and oxygen atoms in total. The topological polar surface area (TPSA) is 90.6 Å². The largest absolute Gasteiger partial charge is 0.487 e. The lowest BCUT2D eigenvalue weighted by molar-refractivity contribution is -0.116. The molecule has 2 rings (SSSR count). The summed E-state index contributed by atoms with van der Waals surface area (Å²) in [4.78, 5) is 23.9. The third-order valence-electron chi connectivity index (χ3n) is 3.74. The van der Waals surface area contributed by atoms with Crippen molar-refractivity contribution in [3.63, 3.8) is 0 Å². The number of nitrogens with one attached hydrogen (secondary N) is 1. The Morgan fingerprint density at radius 3 is 2.48 bits per heavy atom. The van der Waals surface area contributed by atoms with E-state index in [4.69, 9.17) is 15.2 Å². The number of methoxy groups -OCH3 is 1. The molecule has 0 spiro atoms. The number of halogens is 1. The summed E-state index contributed by atoms with van der Waals surface area (Å²) in [5, 5.41) is 2.79. The molecule has 1 unspecified atom stereocenters. The number of hydrogen-bond acceptors (Lipinski definition) is 5. The second-order valence-corrected chi connectivity index (χ2v) is 6.04. The molecule has 3 N–H and O–H groups in total. The molecule has 7 heteroatoms. The van der Waals surface area contributed by atoms with Gasteiger partial charge < -0.3 is 20.5 Å². The van der Waals surface area contributed by atoms with Crippen LogP contribution in [0.15, 0.2) is 48.5 Å². The Morgan fingerprint density at radius 1 is 1.15 bits per heavy atom. The molecule has 0 heterocycles. The number of anilines is 1. The highest BCUT2D eigenvalue weighted by Gasteiger charge is 2.14. The first-order chi connectivity index (χ1) is 12.5.